The van der Waals surface area contributed by atoms with Gasteiger partial charge in [0.2, 0.25) is 0 Å². The van der Waals surface area contributed by atoms with E-state index < -0.39 is 0 Å². The van der Waals surface area contributed by atoms with E-state index in [1.54, 1.807) is 0 Å². The SMILES string of the molecule is CCc1noc(CC)c1CNC(=O)c1cc2c(o1)CCCC2. The van der Waals surface area contributed by atoms with Gasteiger partial charge >= 0.3 is 0 Å². The van der Waals surface area contributed by atoms with Crippen LogP contribution in [0.1, 0.15) is 65.6 Å². The van der Waals surface area contributed by atoms with Crippen LogP contribution in [0.4, 0.5) is 0 Å². The average molecular weight is 302 g/mol. The monoisotopic (exact) mass is 302 g/mol. The van der Waals surface area contributed by atoms with Gasteiger partial charge in [0.1, 0.15) is 11.5 Å². The second-order valence-corrected chi connectivity index (χ2v) is 5.69. The van der Waals surface area contributed by atoms with Crippen molar-refractivity contribution in [1.82, 2.24) is 10.5 Å². The summed E-state index contributed by atoms with van der Waals surface area (Å²) in [5, 5.41) is 6.99. The minimum Gasteiger partial charge on any atom is -0.456 e. The van der Waals surface area contributed by atoms with Crippen LogP contribution in [0.5, 0.6) is 0 Å². The van der Waals surface area contributed by atoms with Gasteiger partial charge in [-0.3, -0.25) is 4.79 Å². The summed E-state index contributed by atoms with van der Waals surface area (Å²) < 4.78 is 11.0. The predicted octanol–water partition coefficient (Wildman–Crippen LogP) is 3.20. The van der Waals surface area contributed by atoms with Crippen LogP contribution in [0.3, 0.4) is 0 Å². The van der Waals surface area contributed by atoms with E-state index in [4.69, 9.17) is 8.94 Å². The van der Waals surface area contributed by atoms with E-state index in [1.165, 1.54) is 12.0 Å². The molecule has 0 saturated heterocycles. The molecule has 0 aromatic carbocycles. The molecule has 0 bridgehead atoms. The molecule has 0 radical (unpaired) electrons. The number of aryl methyl sites for hydroxylation is 4. The molecule has 1 N–H and O–H groups in total. The summed E-state index contributed by atoms with van der Waals surface area (Å²) in [7, 11) is 0. The topological polar surface area (TPSA) is 68.3 Å². The number of carbonyl (C=O) groups excluding carboxylic acids is 1. The first-order valence-electron chi connectivity index (χ1n) is 8.09. The maximum absolute atomic E-state index is 12.3. The number of hydrogen-bond donors (Lipinski definition) is 1. The number of hydrogen-bond acceptors (Lipinski definition) is 4. The zero-order chi connectivity index (χ0) is 15.5. The predicted molar refractivity (Wildman–Crippen MR) is 81.8 cm³/mol. The first kappa shape index (κ1) is 14.9. The number of fused-ring (bicyclic) bond motifs is 1. The van der Waals surface area contributed by atoms with Crippen molar-refractivity contribution < 1.29 is 13.7 Å². The summed E-state index contributed by atoms with van der Waals surface area (Å²) in [6.07, 6.45) is 5.83. The second-order valence-electron chi connectivity index (χ2n) is 5.69. The van der Waals surface area contributed by atoms with Gasteiger partial charge < -0.3 is 14.3 Å². The molecule has 118 valence electrons. The quantitative estimate of drug-likeness (QED) is 0.921. The van der Waals surface area contributed by atoms with Gasteiger partial charge in [-0.1, -0.05) is 19.0 Å². The number of rotatable bonds is 5. The van der Waals surface area contributed by atoms with Crippen molar-refractivity contribution >= 4 is 5.91 Å². The van der Waals surface area contributed by atoms with Crippen molar-refractivity contribution in [1.29, 1.82) is 0 Å². The normalized spacial score (nSPS) is 13.9. The number of amides is 1. The maximum Gasteiger partial charge on any atom is 0.287 e. The molecule has 22 heavy (non-hydrogen) atoms. The second kappa shape index (κ2) is 6.38. The number of nitrogens with zero attached hydrogens (tertiary/aromatic N) is 1. The lowest BCUT2D eigenvalue weighted by atomic mass is 9.99. The van der Waals surface area contributed by atoms with Crippen molar-refractivity contribution in [2.45, 2.75) is 58.9 Å². The Kier molecular flexibility index (Phi) is 4.32. The Labute approximate surface area is 130 Å². The molecular weight excluding hydrogens is 280 g/mol. The van der Waals surface area contributed by atoms with Crippen LogP contribution < -0.4 is 5.32 Å². The Morgan fingerprint density at radius 1 is 1.27 bits per heavy atom. The van der Waals surface area contributed by atoms with Crippen LogP contribution in [-0.2, 0) is 32.2 Å². The number of nitrogens with one attached hydrogen (secondary N) is 1. The highest BCUT2D eigenvalue weighted by molar-refractivity contribution is 5.91. The van der Waals surface area contributed by atoms with Crippen LogP contribution >= 0.6 is 0 Å². The fraction of sp³-hybridized carbons (Fsp3) is 0.529. The molecule has 0 spiro atoms. The van der Waals surface area contributed by atoms with Gasteiger partial charge in [0.25, 0.3) is 5.91 Å². The largest absolute Gasteiger partial charge is 0.456 e. The van der Waals surface area contributed by atoms with Crippen LogP contribution in [0, 0.1) is 0 Å². The molecule has 0 aliphatic heterocycles. The fourth-order valence-electron chi connectivity index (χ4n) is 3.00. The van der Waals surface area contributed by atoms with Gasteiger partial charge in [-0.2, -0.15) is 0 Å². The molecule has 1 aliphatic carbocycles. The zero-order valence-corrected chi connectivity index (χ0v) is 13.2. The van der Waals surface area contributed by atoms with Crippen molar-refractivity contribution in [3.8, 4) is 0 Å². The Morgan fingerprint density at radius 3 is 2.82 bits per heavy atom. The van der Waals surface area contributed by atoms with E-state index in [1.807, 2.05) is 19.9 Å². The molecule has 2 aromatic rings. The highest BCUT2D eigenvalue weighted by Crippen LogP contribution is 2.24. The zero-order valence-electron chi connectivity index (χ0n) is 13.2. The minimum absolute atomic E-state index is 0.167. The van der Waals surface area contributed by atoms with Crippen molar-refractivity contribution in [3.63, 3.8) is 0 Å². The van der Waals surface area contributed by atoms with Crippen LogP contribution in [-0.4, -0.2) is 11.1 Å². The first-order valence-corrected chi connectivity index (χ1v) is 8.09. The van der Waals surface area contributed by atoms with Crippen molar-refractivity contribution in [2.24, 2.45) is 0 Å². The first-order chi connectivity index (χ1) is 10.7. The summed E-state index contributed by atoms with van der Waals surface area (Å²) in [5.74, 6) is 2.07. The van der Waals surface area contributed by atoms with E-state index >= 15 is 0 Å². The molecule has 0 fully saturated rings. The number of aromatic nitrogens is 1. The van der Waals surface area contributed by atoms with Gasteiger partial charge in [0.05, 0.1) is 5.69 Å². The van der Waals surface area contributed by atoms with E-state index in [0.717, 1.165) is 54.9 Å². The molecule has 2 heterocycles. The Morgan fingerprint density at radius 2 is 2.09 bits per heavy atom. The smallest absolute Gasteiger partial charge is 0.287 e. The lowest BCUT2D eigenvalue weighted by molar-refractivity contribution is 0.0921. The summed E-state index contributed by atoms with van der Waals surface area (Å²) in [6.45, 7) is 4.48. The van der Waals surface area contributed by atoms with Crippen LogP contribution in [0.2, 0.25) is 0 Å². The molecule has 0 atom stereocenters. The lowest BCUT2D eigenvalue weighted by Gasteiger charge is -2.07. The number of furan rings is 1. The summed E-state index contributed by atoms with van der Waals surface area (Å²) in [5.41, 5.74) is 3.09. The number of carbonyl (C=O) groups is 1. The van der Waals surface area contributed by atoms with Crippen LogP contribution in [0.25, 0.3) is 0 Å². The minimum atomic E-state index is -0.167. The van der Waals surface area contributed by atoms with Gasteiger partial charge in [-0.15, -0.1) is 0 Å². The van der Waals surface area contributed by atoms with Crippen molar-refractivity contribution in [3.05, 3.63) is 40.2 Å². The molecular formula is C17H22N2O3. The molecule has 0 saturated carbocycles. The Hall–Kier alpha value is -2.04. The van der Waals surface area contributed by atoms with Gasteiger partial charge in [-0.05, 0) is 37.3 Å². The van der Waals surface area contributed by atoms with E-state index in [-0.39, 0.29) is 5.91 Å². The summed E-state index contributed by atoms with van der Waals surface area (Å²) >= 11 is 0. The van der Waals surface area contributed by atoms with Gasteiger partial charge in [0, 0.05) is 24.9 Å². The lowest BCUT2D eigenvalue weighted by Crippen LogP contribution is -2.23. The van der Waals surface area contributed by atoms with Crippen molar-refractivity contribution in [2.75, 3.05) is 0 Å². The molecule has 3 rings (SSSR count). The van der Waals surface area contributed by atoms with Gasteiger partial charge in [-0.25, -0.2) is 0 Å². The Bertz CT molecular complexity index is 624. The highest BCUT2D eigenvalue weighted by Gasteiger charge is 2.20. The molecule has 5 nitrogen and oxygen atoms in total. The van der Waals surface area contributed by atoms with E-state index in [2.05, 4.69) is 10.5 Å². The molecule has 5 heteroatoms. The third-order valence-corrected chi connectivity index (χ3v) is 4.25. The van der Waals surface area contributed by atoms with Crippen LogP contribution in [0.15, 0.2) is 15.0 Å². The molecule has 1 amide bonds. The summed E-state index contributed by atoms with van der Waals surface area (Å²) in [4.78, 5) is 12.3. The third-order valence-electron chi connectivity index (χ3n) is 4.25. The molecule has 0 unspecified atom stereocenters. The maximum atomic E-state index is 12.3. The summed E-state index contributed by atoms with van der Waals surface area (Å²) in [6, 6.07) is 1.89. The van der Waals surface area contributed by atoms with E-state index in [0.29, 0.717) is 12.3 Å². The molecule has 1 aliphatic rings. The fourth-order valence-corrected chi connectivity index (χ4v) is 3.00. The average Bonchev–Trinajstić information content (AvgIpc) is 3.15. The standard InChI is InChI=1S/C17H22N2O3/c1-3-13-12(14(4-2)22-19-13)10-18-17(20)16-9-11-7-5-6-8-15(11)21-16/h9H,3-8,10H2,1-2H3,(H,18,20). The van der Waals surface area contributed by atoms with E-state index in [9.17, 15) is 4.79 Å². The highest BCUT2D eigenvalue weighted by atomic mass is 16.5. The third kappa shape index (κ3) is 2.80. The Balaban J connectivity index is 1.70. The molecule has 2 aromatic heterocycles. The van der Waals surface area contributed by atoms with Gasteiger partial charge in [0.15, 0.2) is 5.76 Å².